The van der Waals surface area contributed by atoms with Gasteiger partial charge in [-0.1, -0.05) is 19.8 Å². The van der Waals surface area contributed by atoms with E-state index in [2.05, 4.69) is 17.2 Å². The molecule has 1 N–H and O–H groups in total. The van der Waals surface area contributed by atoms with E-state index < -0.39 is 9.84 Å². The van der Waals surface area contributed by atoms with Crippen LogP contribution in [0.4, 0.5) is 5.82 Å². The van der Waals surface area contributed by atoms with Gasteiger partial charge in [0, 0.05) is 19.0 Å². The molecule has 108 valence electrons. The minimum Gasteiger partial charge on any atom is -0.372 e. The molecular formula is C14H24N2O2S. The molecule has 1 rings (SSSR count). The molecule has 0 unspecified atom stereocenters. The first kappa shape index (κ1) is 16.0. The van der Waals surface area contributed by atoms with Gasteiger partial charge in [0.05, 0.1) is 0 Å². The molecule has 4 nitrogen and oxygen atoms in total. The molecule has 0 amide bonds. The molecule has 0 fully saturated rings. The highest BCUT2D eigenvalue weighted by molar-refractivity contribution is 7.91. The Morgan fingerprint density at radius 3 is 2.32 bits per heavy atom. The number of hydrogen-bond acceptors (Lipinski definition) is 4. The van der Waals surface area contributed by atoms with Gasteiger partial charge in [0.2, 0.25) is 0 Å². The van der Waals surface area contributed by atoms with Gasteiger partial charge in [0.25, 0.3) is 0 Å². The van der Waals surface area contributed by atoms with E-state index in [0.29, 0.717) is 10.7 Å². The van der Waals surface area contributed by atoms with Gasteiger partial charge < -0.3 is 5.32 Å². The molecule has 0 atom stereocenters. The van der Waals surface area contributed by atoms with Gasteiger partial charge in [0.1, 0.15) is 10.7 Å². The van der Waals surface area contributed by atoms with E-state index in [9.17, 15) is 8.42 Å². The second-order valence-corrected chi connectivity index (χ2v) is 6.91. The van der Waals surface area contributed by atoms with Crippen molar-refractivity contribution in [1.82, 2.24) is 4.98 Å². The smallest absolute Gasteiger partial charge is 0.179 e. The van der Waals surface area contributed by atoms with Crippen molar-refractivity contribution in [2.24, 2.45) is 0 Å². The molecule has 1 heterocycles. The van der Waals surface area contributed by atoms with Crippen molar-refractivity contribution in [3.05, 3.63) is 16.8 Å². The maximum absolute atomic E-state index is 11.9. The fraction of sp³-hybridized carbons (Fsp3) is 0.643. The Bertz CT molecular complexity index is 551. The van der Waals surface area contributed by atoms with E-state index in [1.807, 2.05) is 13.8 Å². The summed E-state index contributed by atoms with van der Waals surface area (Å²) in [5.74, 6) is 0.455. The predicted molar refractivity (Wildman–Crippen MR) is 79.6 cm³/mol. The lowest BCUT2D eigenvalue weighted by atomic mass is 10.0. The largest absolute Gasteiger partial charge is 0.372 e. The van der Waals surface area contributed by atoms with Gasteiger partial charge in [-0.05, 0) is 37.8 Å². The summed E-state index contributed by atoms with van der Waals surface area (Å²) in [5, 5.41) is 2.89. The third-order valence-electron chi connectivity index (χ3n) is 3.36. The second-order valence-electron chi connectivity index (χ2n) is 4.96. The van der Waals surface area contributed by atoms with Crippen molar-refractivity contribution < 1.29 is 8.42 Å². The molecule has 19 heavy (non-hydrogen) atoms. The first-order valence-electron chi connectivity index (χ1n) is 6.70. The maximum atomic E-state index is 11.9. The summed E-state index contributed by atoms with van der Waals surface area (Å²) in [6, 6.07) is 0. The molecular weight excluding hydrogens is 260 g/mol. The lowest BCUT2D eigenvalue weighted by molar-refractivity contribution is 0.600. The average molecular weight is 284 g/mol. The average Bonchev–Trinajstić information content (AvgIpc) is 2.30. The molecule has 5 heteroatoms. The maximum Gasteiger partial charge on any atom is 0.179 e. The summed E-state index contributed by atoms with van der Waals surface area (Å²) in [5.41, 5.74) is 2.84. The third kappa shape index (κ3) is 3.69. The molecule has 0 spiro atoms. The monoisotopic (exact) mass is 284 g/mol. The van der Waals surface area contributed by atoms with Crippen LogP contribution < -0.4 is 5.32 Å². The highest BCUT2D eigenvalue weighted by atomic mass is 32.2. The zero-order valence-corrected chi connectivity index (χ0v) is 13.3. The Kier molecular flexibility index (Phi) is 5.35. The van der Waals surface area contributed by atoms with Crippen LogP contribution in [0.25, 0.3) is 0 Å². The molecule has 0 saturated heterocycles. The number of nitrogens with one attached hydrogen (secondary N) is 1. The molecule has 0 radical (unpaired) electrons. The molecule has 0 aromatic carbocycles. The van der Waals surface area contributed by atoms with Crippen LogP contribution in [0.5, 0.6) is 0 Å². The van der Waals surface area contributed by atoms with Crippen LogP contribution in [0.1, 0.15) is 43.0 Å². The van der Waals surface area contributed by atoms with Crippen LogP contribution in [-0.4, -0.2) is 26.7 Å². The van der Waals surface area contributed by atoms with E-state index in [1.54, 1.807) is 7.05 Å². The van der Waals surface area contributed by atoms with E-state index >= 15 is 0 Å². The summed E-state index contributed by atoms with van der Waals surface area (Å²) in [6.45, 7) is 5.98. The van der Waals surface area contributed by atoms with Crippen molar-refractivity contribution in [1.29, 1.82) is 0 Å². The minimum atomic E-state index is -3.27. The number of unbranched alkanes of at least 4 members (excludes halogenated alkanes) is 2. The van der Waals surface area contributed by atoms with Gasteiger partial charge in [-0.3, -0.25) is 0 Å². The standard InChI is InChI=1S/C14H24N2O2S/c1-6-7-8-9-12-10(2)13(19(5,17)18)14(15-4)16-11(12)3/h6-9H2,1-5H3,(H,15,16). The number of nitrogens with zero attached hydrogens (tertiary/aromatic N) is 1. The highest BCUT2D eigenvalue weighted by Gasteiger charge is 2.21. The number of pyridine rings is 1. The van der Waals surface area contributed by atoms with Crippen molar-refractivity contribution in [2.45, 2.75) is 51.3 Å². The van der Waals surface area contributed by atoms with E-state index in [1.165, 1.54) is 6.26 Å². The molecule has 0 aliphatic carbocycles. The van der Waals surface area contributed by atoms with Crippen LogP contribution in [0.15, 0.2) is 4.90 Å². The van der Waals surface area contributed by atoms with Crippen LogP contribution in [-0.2, 0) is 16.3 Å². The topological polar surface area (TPSA) is 59.1 Å². The second kappa shape index (κ2) is 6.37. The van der Waals surface area contributed by atoms with Gasteiger partial charge in [0.15, 0.2) is 9.84 Å². The fourth-order valence-corrected chi connectivity index (χ4v) is 3.59. The molecule has 0 saturated carbocycles. The van der Waals surface area contributed by atoms with E-state index in [4.69, 9.17) is 0 Å². The van der Waals surface area contributed by atoms with Crippen molar-refractivity contribution in [3.8, 4) is 0 Å². The molecule has 1 aromatic heterocycles. The molecule has 0 aliphatic rings. The van der Waals surface area contributed by atoms with Gasteiger partial charge in [-0.2, -0.15) is 0 Å². The zero-order chi connectivity index (χ0) is 14.6. The predicted octanol–water partition coefficient (Wildman–Crippen LogP) is 2.88. The number of anilines is 1. The first-order valence-corrected chi connectivity index (χ1v) is 8.59. The van der Waals surface area contributed by atoms with Crippen molar-refractivity contribution in [2.75, 3.05) is 18.6 Å². The Morgan fingerprint density at radius 1 is 1.21 bits per heavy atom. The Hall–Kier alpha value is -1.10. The van der Waals surface area contributed by atoms with Crippen LogP contribution >= 0.6 is 0 Å². The minimum absolute atomic E-state index is 0.340. The van der Waals surface area contributed by atoms with Crippen molar-refractivity contribution >= 4 is 15.7 Å². The molecule has 1 aromatic rings. The van der Waals surface area contributed by atoms with E-state index in [0.717, 1.165) is 42.5 Å². The van der Waals surface area contributed by atoms with Crippen LogP contribution in [0.2, 0.25) is 0 Å². The summed E-state index contributed by atoms with van der Waals surface area (Å²) >= 11 is 0. The van der Waals surface area contributed by atoms with Crippen molar-refractivity contribution in [3.63, 3.8) is 0 Å². The van der Waals surface area contributed by atoms with Crippen LogP contribution in [0, 0.1) is 13.8 Å². The van der Waals surface area contributed by atoms with Gasteiger partial charge in [-0.15, -0.1) is 0 Å². The fourth-order valence-electron chi connectivity index (χ4n) is 2.42. The Balaban J connectivity index is 3.34. The summed E-state index contributed by atoms with van der Waals surface area (Å²) in [6.07, 6.45) is 5.51. The Morgan fingerprint density at radius 2 is 1.84 bits per heavy atom. The molecule has 0 aliphatic heterocycles. The summed E-state index contributed by atoms with van der Waals surface area (Å²) in [7, 11) is -1.57. The normalized spacial score (nSPS) is 11.6. The highest BCUT2D eigenvalue weighted by Crippen LogP contribution is 2.28. The number of hydrogen-bond donors (Lipinski definition) is 1. The molecule has 0 bridgehead atoms. The summed E-state index contributed by atoms with van der Waals surface area (Å²) < 4.78 is 23.9. The lowest BCUT2D eigenvalue weighted by Gasteiger charge is -2.16. The summed E-state index contributed by atoms with van der Waals surface area (Å²) in [4.78, 5) is 4.75. The third-order valence-corrected chi connectivity index (χ3v) is 4.60. The Labute approximate surface area is 116 Å². The van der Waals surface area contributed by atoms with E-state index in [-0.39, 0.29) is 0 Å². The van der Waals surface area contributed by atoms with Crippen LogP contribution in [0.3, 0.4) is 0 Å². The lowest BCUT2D eigenvalue weighted by Crippen LogP contribution is -2.11. The number of rotatable bonds is 6. The van der Waals surface area contributed by atoms with Gasteiger partial charge in [-0.25, -0.2) is 13.4 Å². The number of sulfone groups is 1. The number of aromatic nitrogens is 1. The first-order chi connectivity index (χ1) is 8.82. The zero-order valence-electron chi connectivity index (χ0n) is 12.5. The van der Waals surface area contributed by atoms with Gasteiger partial charge >= 0.3 is 0 Å². The quantitative estimate of drug-likeness (QED) is 0.816. The SMILES string of the molecule is CCCCCc1c(C)nc(NC)c(S(C)(=O)=O)c1C. The number of aryl methyl sites for hydroxylation is 1.